The Morgan fingerprint density at radius 1 is 1.03 bits per heavy atom. The molecule has 0 radical (unpaired) electrons. The topological polar surface area (TPSA) is 133 Å². The van der Waals surface area contributed by atoms with E-state index in [-0.39, 0.29) is 28.0 Å². The molecule has 7 nitrogen and oxygen atoms in total. The van der Waals surface area contributed by atoms with Gasteiger partial charge in [0.15, 0.2) is 11.6 Å². The van der Waals surface area contributed by atoms with Gasteiger partial charge < -0.3 is 26.4 Å². The van der Waals surface area contributed by atoms with Crippen LogP contribution in [0.3, 0.4) is 0 Å². The number of aromatic hydroxyl groups is 1. The van der Waals surface area contributed by atoms with Gasteiger partial charge in [0.05, 0.1) is 29.0 Å². The highest BCUT2D eigenvalue weighted by Crippen LogP contribution is 2.49. The molecule has 0 amide bonds. The molecule has 5 rings (SSSR count). The number of nitrogens with one attached hydrogen (secondary N) is 1. The molecule has 5 atom stereocenters. The van der Waals surface area contributed by atoms with Crippen LogP contribution in [0.1, 0.15) is 50.2 Å². The highest BCUT2D eigenvalue weighted by molar-refractivity contribution is 6.31. The molecule has 7 heteroatoms. The first kappa shape index (κ1) is 20.8. The second kappa shape index (κ2) is 7.53. The van der Waals surface area contributed by atoms with Crippen molar-refractivity contribution in [1.82, 2.24) is 0 Å². The predicted molar refractivity (Wildman–Crippen MR) is 122 cm³/mol. The Morgan fingerprint density at radius 2 is 1.73 bits per heavy atom. The number of benzene rings is 2. The fourth-order valence-electron chi connectivity index (χ4n) is 4.98. The molecule has 164 valence electrons. The minimum absolute atomic E-state index is 0.0147. The Kier molecular flexibility index (Phi) is 4.75. The van der Waals surface area contributed by atoms with Crippen LogP contribution in [0, 0.1) is 29.6 Å². The number of carbonyl (C=O) groups is 2. The zero-order valence-electron chi connectivity index (χ0n) is 17.6. The summed E-state index contributed by atoms with van der Waals surface area (Å²) in [7, 11) is 0. The number of hydrogen-bond donors (Lipinski definition) is 5. The second-order valence-electron chi connectivity index (χ2n) is 8.39. The molecule has 0 saturated heterocycles. The lowest BCUT2D eigenvalue weighted by atomic mass is 9.69. The Bertz CT molecular complexity index is 1380. The highest BCUT2D eigenvalue weighted by atomic mass is 16.3. The van der Waals surface area contributed by atoms with E-state index in [0.29, 0.717) is 16.9 Å². The molecule has 1 heterocycles. The molecule has 2 aromatic carbocycles. The van der Waals surface area contributed by atoms with Gasteiger partial charge in [-0.25, -0.2) is 0 Å². The zero-order chi connectivity index (χ0) is 23.4. The van der Waals surface area contributed by atoms with Crippen molar-refractivity contribution < 1.29 is 24.9 Å². The first-order valence-corrected chi connectivity index (χ1v) is 10.5. The van der Waals surface area contributed by atoms with E-state index < -0.39 is 41.7 Å². The van der Waals surface area contributed by atoms with E-state index in [0.717, 1.165) is 0 Å². The highest BCUT2D eigenvalue weighted by Gasteiger charge is 2.46. The number of anilines is 2. The number of fused-ring (bicyclic) bond motifs is 7. The molecule has 0 spiro atoms. The predicted octanol–water partition coefficient (Wildman–Crippen LogP) is 1.56. The van der Waals surface area contributed by atoms with Crippen molar-refractivity contribution in [1.29, 1.82) is 0 Å². The lowest BCUT2D eigenvalue weighted by Crippen LogP contribution is -2.47. The third-order valence-electron chi connectivity index (χ3n) is 6.40. The van der Waals surface area contributed by atoms with Crippen LogP contribution in [0.5, 0.6) is 5.75 Å². The first-order valence-electron chi connectivity index (χ1n) is 10.5. The quantitative estimate of drug-likeness (QED) is 0.220. The summed E-state index contributed by atoms with van der Waals surface area (Å²) < 4.78 is 0. The standard InChI is InChI=1S/C26H20N2O5/c1-12(29)20-17-6-4-2-3-5-7-18(30)21(20)16-11-19(31)22-23(24(16)28-17)25(32)14-9-8-13(27)10-15(14)26(22)33/h2-3,8-12,17-18,20-21,28-31H,27H2,1H3/b3-2-. The molecular weight excluding hydrogens is 420 g/mol. The first-order chi connectivity index (χ1) is 15.8. The van der Waals surface area contributed by atoms with Gasteiger partial charge in [-0.1, -0.05) is 23.7 Å². The average molecular weight is 440 g/mol. The summed E-state index contributed by atoms with van der Waals surface area (Å²) in [6.45, 7) is 1.59. The van der Waals surface area contributed by atoms with Crippen molar-refractivity contribution in [3.05, 3.63) is 64.2 Å². The average Bonchev–Trinajstić information content (AvgIpc) is 2.77. The molecule has 2 aliphatic carbocycles. The van der Waals surface area contributed by atoms with E-state index in [4.69, 9.17) is 5.73 Å². The lowest BCUT2D eigenvalue weighted by molar-refractivity contribution is 0.0646. The molecule has 0 fully saturated rings. The van der Waals surface area contributed by atoms with Crippen LogP contribution in [-0.2, 0) is 0 Å². The van der Waals surface area contributed by atoms with Gasteiger partial charge in [-0.05, 0) is 48.9 Å². The Balaban J connectivity index is 1.81. The number of ketones is 2. The fraction of sp³-hybridized carbons (Fsp3) is 0.231. The van der Waals surface area contributed by atoms with Crippen LogP contribution in [-0.4, -0.2) is 45.1 Å². The number of phenolic OH excluding ortho intramolecular Hbond substituents is 1. The molecule has 6 N–H and O–H groups in total. The summed E-state index contributed by atoms with van der Waals surface area (Å²) in [5, 5.41) is 35.6. The number of rotatable bonds is 1. The summed E-state index contributed by atoms with van der Waals surface area (Å²) in [4.78, 5) is 26.8. The van der Waals surface area contributed by atoms with Crippen molar-refractivity contribution in [2.45, 2.75) is 31.1 Å². The minimum Gasteiger partial charge on any atom is -0.507 e. The SMILES string of the molecule is CC(O)C1C2C#C/C=C\C#CC(O)C1c1cc(O)c3c(c1N2)C(=O)c1ccc(N)cc1C3=O. The maximum Gasteiger partial charge on any atom is 0.198 e. The molecule has 2 aromatic rings. The molecular formula is C26H20N2O5. The Hall–Kier alpha value is -4.04. The Morgan fingerprint density at radius 3 is 2.45 bits per heavy atom. The van der Waals surface area contributed by atoms with Crippen molar-refractivity contribution >= 4 is 22.9 Å². The zero-order valence-corrected chi connectivity index (χ0v) is 17.6. The summed E-state index contributed by atoms with van der Waals surface area (Å²) >= 11 is 0. The normalized spacial score (nSPS) is 26.2. The summed E-state index contributed by atoms with van der Waals surface area (Å²) in [5.74, 6) is 8.64. The number of carbonyl (C=O) groups excluding carboxylic acids is 2. The molecule has 1 aliphatic heterocycles. The van der Waals surface area contributed by atoms with E-state index in [9.17, 15) is 24.9 Å². The third kappa shape index (κ3) is 3.10. The largest absolute Gasteiger partial charge is 0.507 e. The summed E-state index contributed by atoms with van der Waals surface area (Å²) in [5.41, 5.74) is 7.02. The van der Waals surface area contributed by atoms with Gasteiger partial charge in [-0.3, -0.25) is 9.59 Å². The van der Waals surface area contributed by atoms with Crippen molar-refractivity contribution in [3.8, 4) is 29.4 Å². The van der Waals surface area contributed by atoms with Gasteiger partial charge in [0, 0.05) is 28.7 Å². The van der Waals surface area contributed by atoms with Crippen LogP contribution in [0.15, 0.2) is 36.4 Å². The minimum atomic E-state index is -1.21. The van der Waals surface area contributed by atoms with Gasteiger partial charge in [-0.2, -0.15) is 0 Å². The van der Waals surface area contributed by atoms with Gasteiger partial charge in [0.2, 0.25) is 0 Å². The maximum atomic E-state index is 13.6. The number of nitrogen functional groups attached to an aromatic ring is 1. The summed E-state index contributed by atoms with van der Waals surface area (Å²) in [6.07, 6.45) is 0.952. The van der Waals surface area contributed by atoms with Gasteiger partial charge in [0.25, 0.3) is 0 Å². The van der Waals surface area contributed by atoms with Crippen molar-refractivity contribution in [2.75, 3.05) is 11.1 Å². The number of phenols is 1. The third-order valence-corrected chi connectivity index (χ3v) is 6.40. The number of allylic oxidation sites excluding steroid dienone is 2. The van der Waals surface area contributed by atoms with Crippen molar-refractivity contribution in [3.63, 3.8) is 0 Å². The number of aliphatic hydroxyl groups is 2. The van der Waals surface area contributed by atoms with E-state index in [1.807, 2.05) is 0 Å². The molecule has 0 aromatic heterocycles. The summed E-state index contributed by atoms with van der Waals surface area (Å²) in [6, 6.07) is 5.16. The molecule has 2 bridgehead atoms. The van der Waals surface area contributed by atoms with Crippen LogP contribution in [0.4, 0.5) is 11.4 Å². The molecule has 5 unspecified atom stereocenters. The Labute approximate surface area is 189 Å². The number of hydrogen-bond acceptors (Lipinski definition) is 7. The van der Waals surface area contributed by atoms with Crippen LogP contribution < -0.4 is 11.1 Å². The molecule has 0 saturated carbocycles. The fourth-order valence-corrected chi connectivity index (χ4v) is 4.98. The monoisotopic (exact) mass is 440 g/mol. The van der Waals surface area contributed by atoms with E-state index in [1.54, 1.807) is 6.92 Å². The van der Waals surface area contributed by atoms with E-state index in [1.165, 1.54) is 36.4 Å². The molecule has 3 aliphatic rings. The number of nitrogens with two attached hydrogens (primary N) is 1. The van der Waals surface area contributed by atoms with Gasteiger partial charge >= 0.3 is 0 Å². The smallest absolute Gasteiger partial charge is 0.198 e. The van der Waals surface area contributed by atoms with Crippen LogP contribution in [0.2, 0.25) is 0 Å². The van der Waals surface area contributed by atoms with Crippen molar-refractivity contribution in [2.24, 2.45) is 5.92 Å². The number of aliphatic hydroxyl groups excluding tert-OH is 2. The van der Waals surface area contributed by atoms with Crippen LogP contribution >= 0.6 is 0 Å². The van der Waals surface area contributed by atoms with Gasteiger partial charge in [-0.15, -0.1) is 0 Å². The maximum absolute atomic E-state index is 13.6. The van der Waals surface area contributed by atoms with Crippen LogP contribution in [0.25, 0.3) is 0 Å². The van der Waals surface area contributed by atoms with Gasteiger partial charge in [0.1, 0.15) is 11.9 Å². The van der Waals surface area contributed by atoms with E-state index in [2.05, 4.69) is 29.0 Å². The lowest BCUT2D eigenvalue weighted by Gasteiger charge is -2.42. The van der Waals surface area contributed by atoms with E-state index >= 15 is 0 Å². The molecule has 33 heavy (non-hydrogen) atoms. The second-order valence-corrected chi connectivity index (χ2v) is 8.39.